The van der Waals surface area contributed by atoms with Crippen molar-refractivity contribution >= 4 is 23.2 Å². The first kappa shape index (κ1) is 16.1. The molecule has 2 rings (SSSR count). The van der Waals surface area contributed by atoms with Gasteiger partial charge in [-0.3, -0.25) is 0 Å². The molecule has 0 aromatic heterocycles. The molecule has 1 unspecified atom stereocenters. The summed E-state index contributed by atoms with van der Waals surface area (Å²) in [6.07, 6.45) is 5.56. The van der Waals surface area contributed by atoms with Gasteiger partial charge in [-0.05, 0) is 25.8 Å². The Kier molecular flexibility index (Phi) is 5.74. The van der Waals surface area contributed by atoms with Gasteiger partial charge in [0.1, 0.15) is 6.10 Å². The van der Waals surface area contributed by atoms with Crippen LogP contribution in [0.4, 0.5) is 0 Å². The van der Waals surface area contributed by atoms with Crippen molar-refractivity contribution in [2.24, 2.45) is 0 Å². The van der Waals surface area contributed by atoms with Crippen molar-refractivity contribution in [3.05, 3.63) is 33.8 Å². The second-order valence-electron chi connectivity index (χ2n) is 5.46. The molecule has 0 bridgehead atoms. The van der Waals surface area contributed by atoms with Gasteiger partial charge in [0.2, 0.25) is 0 Å². The Morgan fingerprint density at radius 3 is 2.45 bits per heavy atom. The van der Waals surface area contributed by atoms with Crippen LogP contribution < -0.4 is 0 Å². The highest BCUT2D eigenvalue weighted by molar-refractivity contribution is 6.42. The molecule has 1 aromatic carbocycles. The van der Waals surface area contributed by atoms with Crippen LogP contribution in [0.1, 0.15) is 57.1 Å². The molecule has 0 heterocycles. The van der Waals surface area contributed by atoms with Crippen LogP contribution >= 0.6 is 23.2 Å². The van der Waals surface area contributed by atoms with E-state index in [4.69, 9.17) is 27.9 Å². The number of benzene rings is 1. The Hall–Kier alpha value is -0.280. The maximum atomic E-state index is 10.9. The van der Waals surface area contributed by atoms with Crippen LogP contribution in [0.15, 0.2) is 18.2 Å². The summed E-state index contributed by atoms with van der Waals surface area (Å²) in [5.41, 5.74) is 0.147. The van der Waals surface area contributed by atoms with Gasteiger partial charge in [0, 0.05) is 12.2 Å². The number of aliphatic hydroxyl groups is 1. The van der Waals surface area contributed by atoms with Gasteiger partial charge < -0.3 is 9.84 Å². The number of aliphatic hydroxyl groups excluding tert-OH is 1. The summed E-state index contributed by atoms with van der Waals surface area (Å²) < 4.78 is 6.01. The van der Waals surface area contributed by atoms with Crippen molar-refractivity contribution < 1.29 is 9.84 Å². The summed E-state index contributed by atoms with van der Waals surface area (Å²) in [6, 6.07) is 5.40. The molecule has 0 radical (unpaired) electrons. The average Bonchev–Trinajstić information content (AvgIpc) is 2.68. The first-order chi connectivity index (χ1) is 9.60. The van der Waals surface area contributed by atoms with Crippen molar-refractivity contribution in [2.45, 2.75) is 57.2 Å². The van der Waals surface area contributed by atoms with Crippen LogP contribution in [0, 0.1) is 0 Å². The van der Waals surface area contributed by atoms with Gasteiger partial charge in [0.05, 0.1) is 15.6 Å². The second-order valence-corrected chi connectivity index (χ2v) is 6.24. The lowest BCUT2D eigenvalue weighted by atomic mass is 9.84. The summed E-state index contributed by atoms with van der Waals surface area (Å²) >= 11 is 12.3. The highest BCUT2D eigenvalue weighted by atomic mass is 35.5. The fourth-order valence-corrected chi connectivity index (χ4v) is 3.54. The average molecular weight is 317 g/mol. The van der Waals surface area contributed by atoms with E-state index in [9.17, 15) is 5.11 Å². The summed E-state index contributed by atoms with van der Waals surface area (Å²) in [6.45, 7) is 2.56. The van der Waals surface area contributed by atoms with E-state index in [-0.39, 0.29) is 0 Å². The Morgan fingerprint density at radius 2 is 1.85 bits per heavy atom. The third-order valence-corrected chi connectivity index (χ3v) is 4.99. The number of hydrogen-bond acceptors (Lipinski definition) is 2. The normalized spacial score (nSPS) is 20.4. The van der Waals surface area contributed by atoms with E-state index < -0.39 is 11.7 Å². The Balaban J connectivity index is 2.34. The standard InChI is InChI=1S/C16H22Cl2O2/c1-2-20-16(10-5-3-4-6-11-16)15(19)12-8-7-9-13(17)14(12)18/h7-9,15,19H,2-6,10-11H2,1H3. The molecule has 0 aliphatic heterocycles. The van der Waals surface area contributed by atoms with Gasteiger partial charge in [0.15, 0.2) is 0 Å². The Bertz CT molecular complexity index is 440. The third kappa shape index (κ3) is 3.30. The fraction of sp³-hybridized carbons (Fsp3) is 0.625. The highest BCUT2D eigenvalue weighted by Crippen LogP contribution is 2.43. The topological polar surface area (TPSA) is 29.5 Å². The molecule has 1 aromatic rings. The zero-order valence-corrected chi connectivity index (χ0v) is 13.4. The molecule has 112 valence electrons. The first-order valence-electron chi connectivity index (χ1n) is 7.36. The van der Waals surface area contributed by atoms with E-state index in [1.165, 1.54) is 12.8 Å². The molecule has 4 heteroatoms. The molecule has 1 fully saturated rings. The second kappa shape index (κ2) is 7.13. The molecule has 0 amide bonds. The first-order valence-corrected chi connectivity index (χ1v) is 8.12. The van der Waals surface area contributed by atoms with Crippen molar-refractivity contribution in [1.29, 1.82) is 0 Å². The number of rotatable bonds is 4. The zero-order chi connectivity index (χ0) is 14.6. The van der Waals surface area contributed by atoms with Crippen LogP contribution in [-0.4, -0.2) is 17.3 Å². The van der Waals surface area contributed by atoms with Crippen LogP contribution in [0.5, 0.6) is 0 Å². The van der Waals surface area contributed by atoms with Gasteiger partial charge in [0.25, 0.3) is 0 Å². The molecule has 1 saturated carbocycles. The zero-order valence-electron chi connectivity index (χ0n) is 11.9. The van der Waals surface area contributed by atoms with Crippen LogP contribution in [0.3, 0.4) is 0 Å². The van der Waals surface area contributed by atoms with Crippen LogP contribution in [-0.2, 0) is 4.74 Å². The molecule has 1 aliphatic carbocycles. The molecular formula is C16H22Cl2O2. The fourth-order valence-electron chi connectivity index (χ4n) is 3.13. The smallest absolute Gasteiger partial charge is 0.109 e. The summed E-state index contributed by atoms with van der Waals surface area (Å²) in [5.74, 6) is 0. The minimum Gasteiger partial charge on any atom is -0.385 e. The Morgan fingerprint density at radius 1 is 1.20 bits per heavy atom. The number of hydrogen-bond donors (Lipinski definition) is 1. The van der Waals surface area contributed by atoms with Crippen molar-refractivity contribution in [1.82, 2.24) is 0 Å². The van der Waals surface area contributed by atoms with Gasteiger partial charge in [-0.1, -0.05) is 61.0 Å². The highest BCUT2D eigenvalue weighted by Gasteiger charge is 2.40. The van der Waals surface area contributed by atoms with Gasteiger partial charge >= 0.3 is 0 Å². The maximum Gasteiger partial charge on any atom is 0.109 e. The molecule has 0 spiro atoms. The SMILES string of the molecule is CCOC1(C(O)c2cccc(Cl)c2Cl)CCCCCC1. The lowest BCUT2D eigenvalue weighted by Gasteiger charge is -2.38. The molecule has 1 N–H and O–H groups in total. The van der Waals surface area contributed by atoms with Gasteiger partial charge in [-0.2, -0.15) is 0 Å². The quantitative estimate of drug-likeness (QED) is 0.778. The predicted molar refractivity (Wildman–Crippen MR) is 83.5 cm³/mol. The largest absolute Gasteiger partial charge is 0.385 e. The number of ether oxygens (including phenoxy) is 1. The molecule has 2 nitrogen and oxygen atoms in total. The minimum atomic E-state index is -0.730. The summed E-state index contributed by atoms with van der Waals surface area (Å²) in [5, 5.41) is 11.8. The monoisotopic (exact) mass is 316 g/mol. The minimum absolute atomic E-state index is 0.435. The lowest BCUT2D eigenvalue weighted by Crippen LogP contribution is -2.39. The predicted octanol–water partition coefficient (Wildman–Crippen LogP) is 5.16. The summed E-state index contributed by atoms with van der Waals surface area (Å²) in [4.78, 5) is 0. The van der Waals surface area contributed by atoms with Crippen molar-refractivity contribution in [3.8, 4) is 0 Å². The van der Waals surface area contributed by atoms with E-state index in [2.05, 4.69) is 0 Å². The molecule has 1 aliphatic rings. The van der Waals surface area contributed by atoms with Gasteiger partial charge in [-0.25, -0.2) is 0 Å². The van der Waals surface area contributed by atoms with Crippen molar-refractivity contribution in [2.75, 3.05) is 6.61 Å². The number of halogens is 2. The van der Waals surface area contributed by atoms with Crippen LogP contribution in [0.2, 0.25) is 10.0 Å². The maximum absolute atomic E-state index is 10.9. The van der Waals surface area contributed by atoms with E-state index in [0.29, 0.717) is 22.2 Å². The summed E-state index contributed by atoms with van der Waals surface area (Å²) in [7, 11) is 0. The van der Waals surface area contributed by atoms with Gasteiger partial charge in [-0.15, -0.1) is 0 Å². The Labute approximate surface area is 131 Å². The van der Waals surface area contributed by atoms with E-state index in [1.807, 2.05) is 19.1 Å². The van der Waals surface area contributed by atoms with E-state index in [1.54, 1.807) is 6.07 Å². The molecule has 20 heavy (non-hydrogen) atoms. The van der Waals surface area contributed by atoms with Crippen LogP contribution in [0.25, 0.3) is 0 Å². The third-order valence-electron chi connectivity index (χ3n) is 4.16. The van der Waals surface area contributed by atoms with Crippen molar-refractivity contribution in [3.63, 3.8) is 0 Å². The lowest BCUT2D eigenvalue weighted by molar-refractivity contribution is -0.131. The molecular weight excluding hydrogens is 295 g/mol. The molecule has 1 atom stereocenters. The van der Waals surface area contributed by atoms with E-state index >= 15 is 0 Å². The van der Waals surface area contributed by atoms with E-state index in [0.717, 1.165) is 25.7 Å². The molecule has 0 saturated heterocycles.